The molecular weight excluding hydrogens is 731 g/mol. The highest BCUT2D eigenvalue weighted by atomic mass is 35.5. The summed E-state index contributed by atoms with van der Waals surface area (Å²) in [4.78, 5) is 17.1. The van der Waals surface area contributed by atoms with Crippen LogP contribution in [0.2, 0.25) is 5.02 Å². The lowest BCUT2D eigenvalue weighted by molar-refractivity contribution is -0.177. The van der Waals surface area contributed by atoms with Gasteiger partial charge in [0, 0.05) is 47.0 Å². The van der Waals surface area contributed by atoms with E-state index in [-0.39, 0.29) is 58.2 Å². The third kappa shape index (κ3) is 5.92. The van der Waals surface area contributed by atoms with Gasteiger partial charge < -0.3 is 24.8 Å². The van der Waals surface area contributed by atoms with Gasteiger partial charge in [0.15, 0.2) is 5.76 Å². The van der Waals surface area contributed by atoms with Crippen molar-refractivity contribution in [2.45, 2.75) is 89.3 Å². The van der Waals surface area contributed by atoms with Gasteiger partial charge in [0.25, 0.3) is 0 Å². The summed E-state index contributed by atoms with van der Waals surface area (Å²) in [7, 11) is 0. The van der Waals surface area contributed by atoms with E-state index in [1.807, 2.05) is 35.2 Å². The highest BCUT2D eigenvalue weighted by Gasteiger charge is 2.74. The molecule has 3 saturated carbocycles. The Morgan fingerprint density at radius 3 is 2.42 bits per heavy atom. The van der Waals surface area contributed by atoms with Crippen molar-refractivity contribution < 1.29 is 42.8 Å². The first-order valence-corrected chi connectivity index (χ1v) is 19.8. The molecule has 1 aromatic heterocycles. The Hall–Kier alpha value is -3.25. The number of nitrogens with zero attached hydrogens (tertiary/aromatic N) is 1. The van der Waals surface area contributed by atoms with Crippen molar-refractivity contribution in [3.05, 3.63) is 106 Å². The quantitative estimate of drug-likeness (QED) is 0.121. The van der Waals surface area contributed by atoms with Gasteiger partial charge in [0.1, 0.15) is 5.76 Å². The smallest absolute Gasteiger partial charge is 0.416 e. The molecule has 3 aromatic rings. The summed E-state index contributed by atoms with van der Waals surface area (Å²) in [5.74, 6) is -0.460. The first-order chi connectivity index (χ1) is 26.0. The van der Waals surface area contributed by atoms with Crippen LogP contribution in [0.3, 0.4) is 0 Å². The maximum atomic E-state index is 15.0. The third-order valence-corrected chi connectivity index (χ3v) is 15.1. The molecule has 4 N–H and O–H groups in total. The van der Waals surface area contributed by atoms with E-state index in [2.05, 4.69) is 32.1 Å². The van der Waals surface area contributed by atoms with Crippen LogP contribution in [0, 0.1) is 33.5 Å². The molecule has 2 spiro atoms. The lowest BCUT2D eigenvalue weighted by Crippen LogP contribution is -2.67. The lowest BCUT2D eigenvalue weighted by Gasteiger charge is -2.71. The number of benzene rings is 2. The van der Waals surface area contributed by atoms with Gasteiger partial charge >= 0.3 is 6.18 Å². The normalized spacial score (nSPS) is 35.6. The van der Waals surface area contributed by atoms with Crippen LogP contribution in [-0.4, -0.2) is 68.6 Å². The Labute approximate surface area is 324 Å². The maximum absolute atomic E-state index is 15.0. The molecule has 2 bridgehead atoms. The van der Waals surface area contributed by atoms with Crippen molar-refractivity contribution >= 4 is 17.4 Å². The highest BCUT2D eigenvalue weighted by molar-refractivity contribution is 6.33. The predicted molar refractivity (Wildman–Crippen MR) is 202 cm³/mol. The molecule has 6 aliphatic carbocycles. The molecule has 0 aliphatic heterocycles. The second-order valence-electron chi connectivity index (χ2n) is 17.5. The molecule has 9 atom stereocenters. The largest absolute Gasteiger partial charge is 0.453 e. The number of fused-ring (bicyclic) bond motifs is 1. The minimum atomic E-state index is -4.60. The van der Waals surface area contributed by atoms with Gasteiger partial charge in [-0.1, -0.05) is 74.0 Å². The van der Waals surface area contributed by atoms with Gasteiger partial charge in [-0.25, -0.2) is 0 Å². The molecule has 2 aromatic carbocycles. The molecular formula is C44H49ClF3NO6. The molecule has 1 heterocycles. The van der Waals surface area contributed by atoms with E-state index in [9.17, 15) is 33.6 Å². The molecule has 7 nitrogen and oxygen atoms in total. The van der Waals surface area contributed by atoms with E-state index < -0.39 is 52.4 Å². The lowest BCUT2D eigenvalue weighted by atomic mass is 9.32. The molecule has 0 radical (unpaired) electrons. The molecule has 3 fully saturated rings. The van der Waals surface area contributed by atoms with Gasteiger partial charge in [-0.05, 0) is 98.1 Å². The van der Waals surface area contributed by atoms with Crippen molar-refractivity contribution in [3.8, 4) is 11.3 Å². The molecule has 9 unspecified atom stereocenters. The summed E-state index contributed by atoms with van der Waals surface area (Å²) in [6.07, 6.45) is 4.81. The second kappa shape index (κ2) is 13.4. The summed E-state index contributed by atoms with van der Waals surface area (Å²) in [5.41, 5.74) is -2.77. The number of allylic oxidation sites excluding steroid dienone is 4. The molecule has 6 aliphatic rings. The Balaban J connectivity index is 1.19. The van der Waals surface area contributed by atoms with E-state index >= 15 is 4.79 Å². The fraction of sp³-hybridized carbons (Fsp3) is 0.523. The number of hydrogen-bond acceptors (Lipinski definition) is 7. The van der Waals surface area contributed by atoms with Crippen molar-refractivity contribution in [2.24, 2.45) is 33.5 Å². The molecule has 55 heavy (non-hydrogen) atoms. The van der Waals surface area contributed by atoms with Crippen molar-refractivity contribution in [3.63, 3.8) is 0 Å². The number of rotatable bonds is 10. The van der Waals surface area contributed by atoms with Crippen molar-refractivity contribution in [2.75, 3.05) is 19.7 Å². The number of aliphatic hydroxyl groups excluding tert-OH is 3. The number of halogens is 4. The van der Waals surface area contributed by atoms with Gasteiger partial charge in [-0.3, -0.25) is 9.69 Å². The zero-order valence-corrected chi connectivity index (χ0v) is 31.9. The summed E-state index contributed by atoms with van der Waals surface area (Å²) < 4.78 is 47.1. The second-order valence-corrected chi connectivity index (χ2v) is 17.9. The third-order valence-electron chi connectivity index (χ3n) is 14.8. The summed E-state index contributed by atoms with van der Waals surface area (Å²) in [6, 6.07) is 15.8. The summed E-state index contributed by atoms with van der Waals surface area (Å²) >= 11 is 6.37. The van der Waals surface area contributed by atoms with Gasteiger partial charge in [-0.2, -0.15) is 13.2 Å². The van der Waals surface area contributed by atoms with E-state index in [0.29, 0.717) is 44.2 Å². The number of alkyl halides is 3. The minimum absolute atomic E-state index is 0.00849. The van der Waals surface area contributed by atoms with Gasteiger partial charge in [0.05, 0.1) is 35.0 Å². The van der Waals surface area contributed by atoms with Crippen LogP contribution in [0.4, 0.5) is 13.2 Å². The highest BCUT2D eigenvalue weighted by Crippen LogP contribution is 2.78. The Bertz CT molecular complexity index is 2030. The predicted octanol–water partition coefficient (Wildman–Crippen LogP) is 8.25. The number of carbonyl (C=O) groups is 1. The van der Waals surface area contributed by atoms with Crippen LogP contribution in [0.5, 0.6) is 0 Å². The molecule has 9 rings (SSSR count). The molecule has 0 amide bonds. The number of hydrogen-bond donors (Lipinski definition) is 4. The Kier molecular flexibility index (Phi) is 9.42. The first kappa shape index (κ1) is 38.6. The molecule has 294 valence electrons. The number of ketones is 1. The minimum Gasteiger partial charge on any atom is -0.453 e. The van der Waals surface area contributed by atoms with Crippen LogP contribution < -0.4 is 0 Å². The van der Waals surface area contributed by atoms with E-state index in [1.54, 1.807) is 0 Å². The zero-order valence-electron chi connectivity index (χ0n) is 31.2. The van der Waals surface area contributed by atoms with Crippen molar-refractivity contribution in [1.82, 2.24) is 4.90 Å². The number of Topliss-reactive ketones (excluding diaryl/α,β-unsaturated/α-hetero) is 1. The van der Waals surface area contributed by atoms with Crippen LogP contribution >= 0.6 is 11.6 Å². The maximum Gasteiger partial charge on any atom is 0.416 e. The monoisotopic (exact) mass is 779 g/mol. The Morgan fingerprint density at radius 2 is 1.69 bits per heavy atom. The van der Waals surface area contributed by atoms with E-state index in [0.717, 1.165) is 30.5 Å². The molecule has 0 saturated heterocycles. The average Bonchev–Trinajstić information content (AvgIpc) is 3.74. The topological polar surface area (TPSA) is 114 Å². The fourth-order valence-corrected chi connectivity index (χ4v) is 12.2. The van der Waals surface area contributed by atoms with E-state index in [4.69, 9.17) is 16.0 Å². The summed E-state index contributed by atoms with van der Waals surface area (Å²) in [6.45, 7) is 4.93. The van der Waals surface area contributed by atoms with Crippen LogP contribution in [0.25, 0.3) is 11.3 Å². The molecule has 11 heteroatoms. The van der Waals surface area contributed by atoms with Crippen molar-refractivity contribution in [1.29, 1.82) is 0 Å². The fourth-order valence-electron chi connectivity index (χ4n) is 12.0. The van der Waals surface area contributed by atoms with Crippen LogP contribution in [0.15, 0.2) is 88.9 Å². The van der Waals surface area contributed by atoms with E-state index in [1.165, 1.54) is 18.2 Å². The van der Waals surface area contributed by atoms with Gasteiger partial charge in [-0.15, -0.1) is 0 Å². The SMILES string of the molecule is CC12CCC(O)CC13C=CC1(C(C(=O)c4ccc(-c5cc(C(F)(F)F)ccc5Cl)o4)=C3)C2CCC2(C)C1CCC2(O)CN(Cc1ccccc1)CC(O)CO. The number of aliphatic hydroxyl groups is 4. The van der Waals surface area contributed by atoms with Crippen LogP contribution in [0.1, 0.15) is 80.5 Å². The Morgan fingerprint density at radius 1 is 0.982 bits per heavy atom. The number of furan rings is 1. The van der Waals surface area contributed by atoms with Crippen LogP contribution in [-0.2, 0) is 12.7 Å². The standard InChI is InChI=1S/C44H49ClF3NO6/c1-39-15-12-29(51)21-41(39)18-19-43(32(22-41)38(53)35-11-10-34(55-35)31-20-28(44(46,47)48)8-9-33(31)45)36(39)13-16-40(2)37(43)14-17-42(40,54)26-49(24-30(52)25-50)23-27-6-4-3-5-7-27/h3-11,18-20,22,29-30,36-37,50-52,54H,12-17,21,23-26H2,1-2H3. The summed E-state index contributed by atoms with van der Waals surface area (Å²) in [5, 5.41) is 44.4. The zero-order chi connectivity index (χ0) is 39.2. The van der Waals surface area contributed by atoms with Gasteiger partial charge in [0.2, 0.25) is 5.78 Å². The average molecular weight is 780 g/mol. The number of carbonyl (C=O) groups excluding carboxylic acids is 1. The first-order valence-electron chi connectivity index (χ1n) is 19.4.